The van der Waals surface area contributed by atoms with E-state index in [0.29, 0.717) is 12.2 Å². The third-order valence-corrected chi connectivity index (χ3v) is 2.68. The van der Waals surface area contributed by atoms with E-state index in [-0.39, 0.29) is 17.3 Å². The second-order valence-electron chi connectivity index (χ2n) is 4.64. The number of ether oxygens (including phenoxy) is 1. The van der Waals surface area contributed by atoms with Gasteiger partial charge in [0, 0.05) is 6.42 Å². The van der Waals surface area contributed by atoms with Gasteiger partial charge in [-0.3, -0.25) is 4.79 Å². The summed E-state index contributed by atoms with van der Waals surface area (Å²) in [6.45, 7) is 5.90. The van der Waals surface area contributed by atoms with Crippen molar-refractivity contribution in [2.45, 2.75) is 40.0 Å². The van der Waals surface area contributed by atoms with E-state index in [0.717, 1.165) is 19.1 Å². The molecule has 1 aliphatic rings. The van der Waals surface area contributed by atoms with Gasteiger partial charge in [0.15, 0.2) is 0 Å². The minimum absolute atomic E-state index is 0.0167. The summed E-state index contributed by atoms with van der Waals surface area (Å²) in [7, 11) is 0. The Balaban J connectivity index is 2.83. The average molecular weight is 210 g/mol. The summed E-state index contributed by atoms with van der Waals surface area (Å²) in [6, 6.07) is 0. The van der Waals surface area contributed by atoms with Crippen molar-refractivity contribution in [2.75, 3.05) is 0 Å². The van der Waals surface area contributed by atoms with Gasteiger partial charge < -0.3 is 9.53 Å². The van der Waals surface area contributed by atoms with E-state index in [2.05, 4.69) is 13.8 Å². The summed E-state index contributed by atoms with van der Waals surface area (Å²) in [5.41, 5.74) is 0.0167. The number of hydrogen-bond acceptors (Lipinski definition) is 3. The van der Waals surface area contributed by atoms with Gasteiger partial charge in [0.1, 0.15) is 12.0 Å². The summed E-state index contributed by atoms with van der Waals surface area (Å²) in [5.74, 6) is 0.0208. The van der Waals surface area contributed by atoms with Gasteiger partial charge in [0.2, 0.25) is 0 Å². The van der Waals surface area contributed by atoms with Gasteiger partial charge in [-0.25, -0.2) is 0 Å². The molecule has 0 fully saturated rings. The van der Waals surface area contributed by atoms with Crippen molar-refractivity contribution in [1.82, 2.24) is 0 Å². The second-order valence-corrected chi connectivity index (χ2v) is 4.64. The fourth-order valence-corrected chi connectivity index (χ4v) is 1.68. The van der Waals surface area contributed by atoms with Gasteiger partial charge in [0.25, 0.3) is 0 Å². The molecule has 0 saturated carbocycles. The van der Waals surface area contributed by atoms with Crippen LogP contribution in [-0.2, 0) is 14.3 Å². The van der Waals surface area contributed by atoms with Crippen LogP contribution < -0.4 is 0 Å². The Labute approximate surface area is 90.5 Å². The molecular formula is C12H18O3. The van der Waals surface area contributed by atoms with E-state index in [1.165, 1.54) is 0 Å². The zero-order valence-electron chi connectivity index (χ0n) is 9.58. The maximum atomic E-state index is 11.2. The molecule has 1 unspecified atom stereocenters. The molecule has 1 rings (SSSR count). The predicted octanol–water partition coefficient (Wildman–Crippen LogP) is 2.46. The van der Waals surface area contributed by atoms with Crippen molar-refractivity contribution in [2.24, 2.45) is 11.3 Å². The molecule has 0 radical (unpaired) electrons. The van der Waals surface area contributed by atoms with Crippen LogP contribution in [0.25, 0.3) is 0 Å². The van der Waals surface area contributed by atoms with Crippen molar-refractivity contribution < 1.29 is 14.3 Å². The molecule has 3 heteroatoms. The monoisotopic (exact) mass is 210 g/mol. The van der Waals surface area contributed by atoms with E-state index in [9.17, 15) is 9.59 Å². The smallest absolute Gasteiger partial charge is 0.310 e. The van der Waals surface area contributed by atoms with Gasteiger partial charge in [0.05, 0.1) is 5.92 Å². The quantitative estimate of drug-likeness (QED) is 0.531. The Kier molecular flexibility index (Phi) is 3.66. The van der Waals surface area contributed by atoms with Gasteiger partial charge in [-0.2, -0.15) is 0 Å². The lowest BCUT2D eigenvalue weighted by molar-refractivity contribution is -0.140. The zero-order valence-corrected chi connectivity index (χ0v) is 9.58. The van der Waals surface area contributed by atoms with E-state index < -0.39 is 0 Å². The Morgan fingerprint density at radius 2 is 2.33 bits per heavy atom. The lowest BCUT2D eigenvalue weighted by Gasteiger charge is -2.29. The minimum atomic E-state index is -0.272. The van der Waals surface area contributed by atoms with Crippen LogP contribution >= 0.6 is 0 Å². The first-order valence-corrected chi connectivity index (χ1v) is 5.37. The Morgan fingerprint density at radius 3 is 2.87 bits per heavy atom. The summed E-state index contributed by atoms with van der Waals surface area (Å²) in [5, 5.41) is 0. The molecule has 0 bridgehead atoms. The highest BCUT2D eigenvalue weighted by Crippen LogP contribution is 2.36. The van der Waals surface area contributed by atoms with Crippen molar-refractivity contribution >= 4 is 12.3 Å². The standard InChI is InChI=1S/C12H18O3/c1-4-11(14)15-10-7-12(2,3)6-5-9(10)8-13/h7-9H,4-6H2,1-3H3. The Hall–Kier alpha value is -1.12. The molecule has 1 atom stereocenters. The predicted molar refractivity (Wildman–Crippen MR) is 57.0 cm³/mol. The SMILES string of the molecule is CCC(=O)OC1=CC(C)(C)CCC1C=O. The molecule has 0 saturated heterocycles. The first-order valence-electron chi connectivity index (χ1n) is 5.37. The van der Waals surface area contributed by atoms with Crippen molar-refractivity contribution in [3.05, 3.63) is 11.8 Å². The molecule has 0 amide bonds. The van der Waals surface area contributed by atoms with Gasteiger partial charge in [-0.15, -0.1) is 0 Å². The van der Waals surface area contributed by atoms with E-state index in [1.807, 2.05) is 6.08 Å². The fourth-order valence-electron chi connectivity index (χ4n) is 1.68. The molecule has 0 aromatic heterocycles. The van der Waals surface area contributed by atoms with Crippen molar-refractivity contribution in [3.8, 4) is 0 Å². The molecule has 0 spiro atoms. The molecule has 15 heavy (non-hydrogen) atoms. The van der Waals surface area contributed by atoms with Crippen LogP contribution in [0.4, 0.5) is 0 Å². The third kappa shape index (κ3) is 3.18. The summed E-state index contributed by atoms with van der Waals surface area (Å²) < 4.78 is 5.17. The van der Waals surface area contributed by atoms with Crippen LogP contribution in [-0.4, -0.2) is 12.3 Å². The fraction of sp³-hybridized carbons (Fsp3) is 0.667. The highest BCUT2D eigenvalue weighted by molar-refractivity contribution is 5.71. The number of aldehydes is 1. The van der Waals surface area contributed by atoms with E-state index in [1.54, 1.807) is 6.92 Å². The lowest BCUT2D eigenvalue weighted by atomic mass is 9.78. The van der Waals surface area contributed by atoms with Crippen molar-refractivity contribution in [1.29, 1.82) is 0 Å². The first-order chi connectivity index (χ1) is 6.98. The Morgan fingerprint density at radius 1 is 1.67 bits per heavy atom. The largest absolute Gasteiger partial charge is 0.431 e. The molecule has 3 nitrogen and oxygen atoms in total. The van der Waals surface area contributed by atoms with Gasteiger partial charge in [-0.05, 0) is 24.3 Å². The minimum Gasteiger partial charge on any atom is -0.431 e. The maximum Gasteiger partial charge on any atom is 0.310 e. The van der Waals surface area contributed by atoms with Gasteiger partial charge in [-0.1, -0.05) is 20.8 Å². The number of carbonyl (C=O) groups excluding carboxylic acids is 2. The second kappa shape index (κ2) is 4.60. The molecule has 1 aliphatic carbocycles. The van der Waals surface area contributed by atoms with E-state index in [4.69, 9.17) is 4.74 Å². The summed E-state index contributed by atoms with van der Waals surface area (Å²) in [6.07, 6.45) is 4.82. The summed E-state index contributed by atoms with van der Waals surface area (Å²) >= 11 is 0. The topological polar surface area (TPSA) is 43.4 Å². The number of hydrogen-bond donors (Lipinski definition) is 0. The van der Waals surface area contributed by atoms with Crippen LogP contribution in [0.15, 0.2) is 11.8 Å². The van der Waals surface area contributed by atoms with Crippen LogP contribution in [0.3, 0.4) is 0 Å². The molecular weight excluding hydrogens is 192 g/mol. The normalized spacial score (nSPS) is 24.2. The highest BCUT2D eigenvalue weighted by atomic mass is 16.5. The lowest BCUT2D eigenvalue weighted by Crippen LogP contribution is -2.23. The molecule has 0 aromatic rings. The molecule has 84 valence electrons. The highest BCUT2D eigenvalue weighted by Gasteiger charge is 2.29. The first kappa shape index (κ1) is 12.0. The molecule has 0 heterocycles. The van der Waals surface area contributed by atoms with Crippen molar-refractivity contribution in [3.63, 3.8) is 0 Å². The number of carbonyl (C=O) groups is 2. The van der Waals surface area contributed by atoms with Gasteiger partial charge >= 0.3 is 5.97 Å². The summed E-state index contributed by atoms with van der Waals surface area (Å²) in [4.78, 5) is 22.0. The molecule has 0 aliphatic heterocycles. The van der Waals surface area contributed by atoms with Crippen LogP contribution in [0.5, 0.6) is 0 Å². The third-order valence-electron chi connectivity index (χ3n) is 2.68. The Bertz CT molecular complexity index is 289. The number of esters is 1. The van der Waals surface area contributed by atoms with Crippen LogP contribution in [0.2, 0.25) is 0 Å². The number of allylic oxidation sites excluding steroid dienone is 2. The van der Waals surface area contributed by atoms with Crippen LogP contribution in [0.1, 0.15) is 40.0 Å². The van der Waals surface area contributed by atoms with Crippen LogP contribution in [0, 0.1) is 11.3 Å². The average Bonchev–Trinajstić information content (AvgIpc) is 2.17. The number of rotatable bonds is 3. The molecule has 0 aromatic carbocycles. The zero-order chi connectivity index (χ0) is 11.5. The maximum absolute atomic E-state index is 11.2. The van der Waals surface area contributed by atoms with E-state index >= 15 is 0 Å². The molecule has 0 N–H and O–H groups in total.